The highest BCUT2D eigenvalue weighted by Gasteiger charge is 2.20. The van der Waals surface area contributed by atoms with Crippen LogP contribution in [0.1, 0.15) is 27.7 Å². The summed E-state index contributed by atoms with van der Waals surface area (Å²) in [5.41, 5.74) is 7.79. The van der Waals surface area contributed by atoms with Gasteiger partial charge in [-0.15, -0.1) is 0 Å². The van der Waals surface area contributed by atoms with E-state index in [1.54, 1.807) is 0 Å². The molecule has 1 unspecified atom stereocenters. The maximum Gasteiger partial charge on any atom is 0.0488 e. The molecule has 0 bridgehead atoms. The van der Waals surface area contributed by atoms with Crippen LogP contribution in [-0.2, 0) is 0 Å². The molecule has 0 saturated heterocycles. The standard InChI is InChI=1S/C12H19BrN2/c1-8(12(2,3)4)15-11-6-5-9(14)7-10(11)13/h5-8,15H,14H2,1-4H3. The second-order valence-electron chi connectivity index (χ2n) is 4.97. The van der Waals surface area contributed by atoms with Crippen LogP contribution in [0.5, 0.6) is 0 Å². The molecule has 0 saturated carbocycles. The fraction of sp³-hybridized carbons (Fsp3) is 0.500. The fourth-order valence-electron chi connectivity index (χ4n) is 1.10. The van der Waals surface area contributed by atoms with Gasteiger partial charge in [0, 0.05) is 21.9 Å². The number of rotatable bonds is 2. The van der Waals surface area contributed by atoms with Crippen LogP contribution in [0, 0.1) is 5.41 Å². The van der Waals surface area contributed by atoms with Gasteiger partial charge in [-0.3, -0.25) is 0 Å². The summed E-state index contributed by atoms with van der Waals surface area (Å²) in [4.78, 5) is 0. The number of benzene rings is 1. The van der Waals surface area contributed by atoms with E-state index < -0.39 is 0 Å². The normalized spacial score (nSPS) is 13.7. The number of hydrogen-bond acceptors (Lipinski definition) is 2. The van der Waals surface area contributed by atoms with Crippen LogP contribution in [-0.4, -0.2) is 6.04 Å². The molecule has 1 aromatic carbocycles. The number of nitrogens with two attached hydrogens (primary N) is 1. The molecule has 3 N–H and O–H groups in total. The van der Waals surface area contributed by atoms with E-state index in [1.807, 2.05) is 18.2 Å². The summed E-state index contributed by atoms with van der Waals surface area (Å²) in [6.45, 7) is 8.84. The molecule has 0 radical (unpaired) electrons. The van der Waals surface area contributed by atoms with Crippen LogP contribution in [0.2, 0.25) is 0 Å². The van der Waals surface area contributed by atoms with Gasteiger partial charge in [0.25, 0.3) is 0 Å². The Labute approximate surface area is 100 Å². The maximum atomic E-state index is 5.69. The monoisotopic (exact) mass is 270 g/mol. The summed E-state index contributed by atoms with van der Waals surface area (Å²) in [6.07, 6.45) is 0. The molecule has 0 aliphatic carbocycles. The molecule has 1 aromatic rings. The first-order valence-corrected chi connectivity index (χ1v) is 5.91. The molecule has 15 heavy (non-hydrogen) atoms. The second-order valence-corrected chi connectivity index (χ2v) is 5.83. The van der Waals surface area contributed by atoms with E-state index in [-0.39, 0.29) is 5.41 Å². The number of nitrogen functional groups attached to an aromatic ring is 1. The molecule has 0 amide bonds. The van der Waals surface area contributed by atoms with Crippen molar-refractivity contribution in [1.29, 1.82) is 0 Å². The van der Waals surface area contributed by atoms with E-state index in [9.17, 15) is 0 Å². The highest BCUT2D eigenvalue weighted by Crippen LogP contribution is 2.28. The molecule has 0 aromatic heterocycles. The zero-order valence-electron chi connectivity index (χ0n) is 9.76. The topological polar surface area (TPSA) is 38.0 Å². The van der Waals surface area contributed by atoms with Crippen LogP contribution >= 0.6 is 15.9 Å². The molecule has 0 aliphatic rings. The van der Waals surface area contributed by atoms with Gasteiger partial charge in [-0.05, 0) is 46.5 Å². The summed E-state index contributed by atoms with van der Waals surface area (Å²) in [6, 6.07) is 6.22. The Morgan fingerprint density at radius 1 is 1.33 bits per heavy atom. The van der Waals surface area contributed by atoms with E-state index in [0.29, 0.717) is 6.04 Å². The van der Waals surface area contributed by atoms with E-state index >= 15 is 0 Å². The Balaban J connectivity index is 2.82. The summed E-state index contributed by atoms with van der Waals surface area (Å²) in [5.74, 6) is 0. The largest absolute Gasteiger partial charge is 0.399 e. The Kier molecular flexibility index (Phi) is 3.66. The van der Waals surface area contributed by atoms with Gasteiger partial charge >= 0.3 is 0 Å². The molecule has 0 heterocycles. The minimum absolute atomic E-state index is 0.237. The quantitative estimate of drug-likeness (QED) is 0.801. The highest BCUT2D eigenvalue weighted by atomic mass is 79.9. The number of nitrogens with one attached hydrogen (secondary N) is 1. The van der Waals surface area contributed by atoms with Crippen molar-refractivity contribution in [2.24, 2.45) is 5.41 Å². The fourth-order valence-corrected chi connectivity index (χ4v) is 1.61. The van der Waals surface area contributed by atoms with E-state index in [0.717, 1.165) is 15.8 Å². The molecule has 1 atom stereocenters. The molecule has 3 heteroatoms. The van der Waals surface area contributed by atoms with Gasteiger partial charge in [0.15, 0.2) is 0 Å². The zero-order valence-corrected chi connectivity index (χ0v) is 11.4. The van der Waals surface area contributed by atoms with Crippen LogP contribution < -0.4 is 11.1 Å². The third kappa shape index (κ3) is 3.42. The average Bonchev–Trinajstić information content (AvgIpc) is 2.08. The predicted octanol–water partition coefficient (Wildman–Crippen LogP) is 3.88. The Bertz CT molecular complexity index is 342. The first-order valence-electron chi connectivity index (χ1n) is 5.12. The number of hydrogen-bond donors (Lipinski definition) is 2. The highest BCUT2D eigenvalue weighted by molar-refractivity contribution is 9.10. The lowest BCUT2D eigenvalue weighted by Gasteiger charge is -2.29. The molecule has 84 valence electrons. The Morgan fingerprint density at radius 3 is 2.40 bits per heavy atom. The van der Waals surface area contributed by atoms with Gasteiger partial charge in [-0.2, -0.15) is 0 Å². The lowest BCUT2D eigenvalue weighted by molar-refractivity contribution is 0.359. The van der Waals surface area contributed by atoms with Crippen molar-refractivity contribution in [2.75, 3.05) is 11.1 Å². The Morgan fingerprint density at radius 2 is 1.93 bits per heavy atom. The smallest absolute Gasteiger partial charge is 0.0488 e. The third-order valence-electron chi connectivity index (χ3n) is 2.66. The number of anilines is 2. The van der Waals surface area contributed by atoms with E-state index in [1.165, 1.54) is 0 Å². The van der Waals surface area contributed by atoms with Crippen molar-refractivity contribution in [2.45, 2.75) is 33.7 Å². The summed E-state index contributed by atoms with van der Waals surface area (Å²) in [7, 11) is 0. The number of halogens is 1. The van der Waals surface area contributed by atoms with Gasteiger partial charge in [0.05, 0.1) is 0 Å². The van der Waals surface area contributed by atoms with Crippen LogP contribution in [0.4, 0.5) is 11.4 Å². The SMILES string of the molecule is CC(Nc1ccc(N)cc1Br)C(C)(C)C. The molecule has 0 fully saturated rings. The van der Waals surface area contributed by atoms with Crippen molar-refractivity contribution in [1.82, 2.24) is 0 Å². The lowest BCUT2D eigenvalue weighted by Crippen LogP contribution is -2.30. The van der Waals surface area contributed by atoms with Crippen LogP contribution in [0.15, 0.2) is 22.7 Å². The van der Waals surface area contributed by atoms with Crippen LogP contribution in [0.25, 0.3) is 0 Å². The first kappa shape index (κ1) is 12.4. The summed E-state index contributed by atoms with van der Waals surface area (Å²) >= 11 is 3.50. The maximum absolute atomic E-state index is 5.69. The second kappa shape index (κ2) is 4.44. The molecular formula is C12H19BrN2. The van der Waals surface area contributed by atoms with Gasteiger partial charge < -0.3 is 11.1 Å². The van der Waals surface area contributed by atoms with E-state index in [2.05, 4.69) is 48.9 Å². The minimum atomic E-state index is 0.237. The van der Waals surface area contributed by atoms with E-state index in [4.69, 9.17) is 5.73 Å². The van der Waals surface area contributed by atoms with Crippen molar-refractivity contribution >= 4 is 27.3 Å². The van der Waals surface area contributed by atoms with Gasteiger partial charge in [0.2, 0.25) is 0 Å². The zero-order chi connectivity index (χ0) is 11.6. The molecule has 2 nitrogen and oxygen atoms in total. The van der Waals surface area contributed by atoms with Crippen molar-refractivity contribution in [3.05, 3.63) is 22.7 Å². The molecular weight excluding hydrogens is 252 g/mol. The predicted molar refractivity (Wildman–Crippen MR) is 71.1 cm³/mol. The Hall–Kier alpha value is -0.700. The third-order valence-corrected chi connectivity index (χ3v) is 3.32. The van der Waals surface area contributed by atoms with Crippen LogP contribution in [0.3, 0.4) is 0 Å². The van der Waals surface area contributed by atoms with Crippen molar-refractivity contribution < 1.29 is 0 Å². The van der Waals surface area contributed by atoms with Gasteiger partial charge in [-0.1, -0.05) is 20.8 Å². The average molecular weight is 271 g/mol. The van der Waals surface area contributed by atoms with Gasteiger partial charge in [0.1, 0.15) is 0 Å². The lowest BCUT2D eigenvalue weighted by atomic mass is 9.88. The minimum Gasteiger partial charge on any atom is -0.399 e. The van der Waals surface area contributed by atoms with Gasteiger partial charge in [-0.25, -0.2) is 0 Å². The molecule has 1 rings (SSSR count). The summed E-state index contributed by atoms with van der Waals surface area (Å²) < 4.78 is 1.01. The molecule has 0 aliphatic heterocycles. The molecule has 0 spiro atoms. The first-order chi connectivity index (χ1) is 6.80. The van der Waals surface area contributed by atoms with Crippen molar-refractivity contribution in [3.63, 3.8) is 0 Å². The van der Waals surface area contributed by atoms with Crippen molar-refractivity contribution in [3.8, 4) is 0 Å². The summed E-state index contributed by atoms with van der Waals surface area (Å²) in [5, 5.41) is 3.47.